The standard InChI is InChI=1S/C12H14IN3O5/c1-20-11-7-5(13)2-16(10(7)14-4-15-11)12-9(19)8(18)6(3-17)21-12/h2,4,6,8-9,12,17-19H,3H2,1H3/t6-,8-,9-,12-/m1/s1. The first-order chi connectivity index (χ1) is 10.1. The van der Waals surface area contributed by atoms with E-state index in [0.717, 1.165) is 3.57 Å². The highest BCUT2D eigenvalue weighted by atomic mass is 127. The molecule has 114 valence electrons. The van der Waals surface area contributed by atoms with E-state index in [4.69, 9.17) is 14.6 Å². The molecule has 0 unspecified atom stereocenters. The average molecular weight is 407 g/mol. The van der Waals surface area contributed by atoms with Gasteiger partial charge >= 0.3 is 0 Å². The Kier molecular flexibility index (Phi) is 4.01. The van der Waals surface area contributed by atoms with Crippen molar-refractivity contribution in [1.82, 2.24) is 14.5 Å². The summed E-state index contributed by atoms with van der Waals surface area (Å²) in [6, 6.07) is 0. The summed E-state index contributed by atoms with van der Waals surface area (Å²) in [7, 11) is 1.52. The Bertz CT molecular complexity index is 664. The van der Waals surface area contributed by atoms with Crippen LogP contribution >= 0.6 is 22.6 Å². The fourth-order valence-corrected chi connectivity index (χ4v) is 3.24. The minimum absolute atomic E-state index is 0.372. The number of hydrogen-bond acceptors (Lipinski definition) is 7. The van der Waals surface area contributed by atoms with Gasteiger partial charge in [-0.05, 0) is 22.6 Å². The van der Waals surface area contributed by atoms with Gasteiger partial charge in [0.1, 0.15) is 24.6 Å². The molecular formula is C12H14IN3O5. The number of ether oxygens (including phenoxy) is 2. The number of aromatic nitrogens is 3. The van der Waals surface area contributed by atoms with Gasteiger partial charge in [0.25, 0.3) is 0 Å². The fourth-order valence-electron chi connectivity index (χ4n) is 2.47. The summed E-state index contributed by atoms with van der Waals surface area (Å²) in [5, 5.41) is 29.9. The van der Waals surface area contributed by atoms with Crippen molar-refractivity contribution in [3.63, 3.8) is 0 Å². The Morgan fingerprint density at radius 1 is 1.38 bits per heavy atom. The number of hydrogen-bond donors (Lipinski definition) is 3. The lowest BCUT2D eigenvalue weighted by atomic mass is 10.1. The topological polar surface area (TPSA) is 110 Å². The summed E-state index contributed by atoms with van der Waals surface area (Å²) in [6.45, 7) is -0.372. The Morgan fingerprint density at radius 3 is 2.76 bits per heavy atom. The average Bonchev–Trinajstić information content (AvgIpc) is 2.98. The van der Waals surface area contributed by atoms with Crippen molar-refractivity contribution in [2.45, 2.75) is 24.5 Å². The Labute approximate surface area is 133 Å². The van der Waals surface area contributed by atoms with Crippen molar-refractivity contribution in [3.05, 3.63) is 16.1 Å². The number of nitrogens with zero attached hydrogens (tertiary/aromatic N) is 3. The number of rotatable bonds is 3. The van der Waals surface area contributed by atoms with Gasteiger partial charge in [0.05, 0.1) is 19.1 Å². The number of aliphatic hydroxyl groups is 3. The van der Waals surface area contributed by atoms with E-state index in [0.29, 0.717) is 16.9 Å². The van der Waals surface area contributed by atoms with Gasteiger partial charge in [0.15, 0.2) is 11.9 Å². The van der Waals surface area contributed by atoms with Gasteiger partial charge in [-0.15, -0.1) is 0 Å². The lowest BCUT2D eigenvalue weighted by Crippen LogP contribution is -2.33. The number of halogens is 1. The summed E-state index contributed by atoms with van der Waals surface area (Å²) in [5.74, 6) is 0.426. The second kappa shape index (κ2) is 5.65. The van der Waals surface area contributed by atoms with Crippen molar-refractivity contribution < 1.29 is 24.8 Å². The van der Waals surface area contributed by atoms with Crippen molar-refractivity contribution >= 4 is 33.6 Å². The molecule has 3 heterocycles. The van der Waals surface area contributed by atoms with Gasteiger partial charge in [-0.2, -0.15) is 0 Å². The molecule has 8 nitrogen and oxygen atoms in total. The van der Waals surface area contributed by atoms with Crippen LogP contribution in [0.25, 0.3) is 11.0 Å². The Morgan fingerprint density at radius 2 is 2.14 bits per heavy atom. The molecule has 1 fully saturated rings. The minimum Gasteiger partial charge on any atom is -0.480 e. The first-order valence-electron chi connectivity index (χ1n) is 6.26. The molecule has 4 atom stereocenters. The number of fused-ring (bicyclic) bond motifs is 1. The lowest BCUT2D eigenvalue weighted by Gasteiger charge is -2.17. The van der Waals surface area contributed by atoms with Crippen molar-refractivity contribution in [2.75, 3.05) is 13.7 Å². The zero-order chi connectivity index (χ0) is 15.1. The molecule has 9 heteroatoms. The molecule has 1 aliphatic rings. The van der Waals surface area contributed by atoms with Gasteiger partial charge in [-0.3, -0.25) is 0 Å². The predicted octanol–water partition coefficient (Wildman–Crippen LogP) is -0.344. The van der Waals surface area contributed by atoms with E-state index >= 15 is 0 Å². The summed E-state index contributed by atoms with van der Waals surface area (Å²) in [5.41, 5.74) is 0.529. The third kappa shape index (κ3) is 2.28. The summed E-state index contributed by atoms with van der Waals surface area (Å²) in [4.78, 5) is 8.24. The first-order valence-corrected chi connectivity index (χ1v) is 7.33. The second-order valence-electron chi connectivity index (χ2n) is 4.69. The van der Waals surface area contributed by atoms with Crippen LogP contribution in [0.15, 0.2) is 12.5 Å². The number of methoxy groups -OCH3 is 1. The summed E-state index contributed by atoms with van der Waals surface area (Å²) >= 11 is 2.11. The van der Waals surface area contributed by atoms with E-state index < -0.39 is 24.5 Å². The molecule has 1 aliphatic heterocycles. The van der Waals surface area contributed by atoms with Crippen LogP contribution in [0.3, 0.4) is 0 Å². The first kappa shape index (κ1) is 14.9. The van der Waals surface area contributed by atoms with Crippen LogP contribution < -0.4 is 4.74 Å². The molecule has 0 saturated carbocycles. The largest absolute Gasteiger partial charge is 0.480 e. The lowest BCUT2D eigenvalue weighted by molar-refractivity contribution is -0.0509. The molecule has 0 aromatic carbocycles. The van der Waals surface area contributed by atoms with Gasteiger partial charge in [0.2, 0.25) is 5.88 Å². The van der Waals surface area contributed by atoms with E-state index in [1.54, 1.807) is 10.8 Å². The van der Waals surface area contributed by atoms with E-state index in [-0.39, 0.29) is 6.61 Å². The van der Waals surface area contributed by atoms with E-state index in [1.807, 2.05) is 0 Å². The van der Waals surface area contributed by atoms with Crippen LogP contribution in [0.4, 0.5) is 0 Å². The zero-order valence-electron chi connectivity index (χ0n) is 11.0. The molecule has 2 aromatic rings. The monoisotopic (exact) mass is 407 g/mol. The van der Waals surface area contributed by atoms with E-state index in [9.17, 15) is 10.2 Å². The maximum absolute atomic E-state index is 10.1. The highest BCUT2D eigenvalue weighted by molar-refractivity contribution is 14.1. The molecule has 21 heavy (non-hydrogen) atoms. The van der Waals surface area contributed by atoms with Gasteiger partial charge < -0.3 is 29.4 Å². The molecule has 1 saturated heterocycles. The third-order valence-electron chi connectivity index (χ3n) is 3.51. The predicted molar refractivity (Wildman–Crippen MR) is 79.8 cm³/mol. The van der Waals surface area contributed by atoms with E-state index in [2.05, 4.69) is 32.6 Å². The van der Waals surface area contributed by atoms with Gasteiger partial charge in [-0.25, -0.2) is 9.97 Å². The minimum atomic E-state index is -1.16. The highest BCUT2D eigenvalue weighted by Gasteiger charge is 2.44. The van der Waals surface area contributed by atoms with Crippen LogP contribution in [-0.2, 0) is 4.74 Å². The van der Waals surface area contributed by atoms with Crippen LogP contribution in [0, 0.1) is 3.57 Å². The Balaban J connectivity index is 2.10. The molecule has 3 rings (SSSR count). The molecule has 3 N–H and O–H groups in total. The van der Waals surface area contributed by atoms with Crippen LogP contribution in [-0.4, -0.2) is 61.9 Å². The third-order valence-corrected chi connectivity index (χ3v) is 4.33. The zero-order valence-corrected chi connectivity index (χ0v) is 13.2. The normalized spacial score (nSPS) is 29.2. The maximum Gasteiger partial charge on any atom is 0.226 e. The molecule has 0 amide bonds. The van der Waals surface area contributed by atoms with Crippen LogP contribution in [0.2, 0.25) is 0 Å². The highest BCUT2D eigenvalue weighted by Crippen LogP contribution is 2.35. The quantitative estimate of drug-likeness (QED) is 0.597. The molecular weight excluding hydrogens is 393 g/mol. The van der Waals surface area contributed by atoms with Gasteiger partial charge in [-0.1, -0.05) is 0 Å². The molecule has 0 aliphatic carbocycles. The smallest absolute Gasteiger partial charge is 0.226 e. The molecule has 0 bridgehead atoms. The summed E-state index contributed by atoms with van der Waals surface area (Å²) < 4.78 is 13.2. The summed E-state index contributed by atoms with van der Waals surface area (Å²) in [6.07, 6.45) is -0.877. The van der Waals surface area contributed by atoms with Crippen LogP contribution in [0.1, 0.15) is 6.23 Å². The fraction of sp³-hybridized carbons (Fsp3) is 0.500. The Hall–Kier alpha value is -1.01. The maximum atomic E-state index is 10.1. The molecule has 2 aromatic heterocycles. The second-order valence-corrected chi connectivity index (χ2v) is 5.86. The number of aliphatic hydroxyl groups excluding tert-OH is 3. The van der Waals surface area contributed by atoms with Gasteiger partial charge in [0, 0.05) is 9.77 Å². The molecule has 0 spiro atoms. The molecule has 0 radical (unpaired) electrons. The van der Waals surface area contributed by atoms with Crippen molar-refractivity contribution in [3.8, 4) is 5.88 Å². The van der Waals surface area contributed by atoms with Crippen molar-refractivity contribution in [1.29, 1.82) is 0 Å². The van der Waals surface area contributed by atoms with Crippen LogP contribution in [0.5, 0.6) is 5.88 Å². The van der Waals surface area contributed by atoms with Crippen molar-refractivity contribution in [2.24, 2.45) is 0 Å². The van der Waals surface area contributed by atoms with E-state index in [1.165, 1.54) is 13.4 Å². The SMILES string of the molecule is COc1ncnc2c1c(I)cn2[C@@H]1O[C@H](CO)[C@@H](O)[C@H]1O.